The molecular weight excluding hydrogens is 176 g/mol. The number of aryl methyl sites for hydroxylation is 1. The molecule has 0 amide bonds. The number of rotatable bonds is 4. The van der Waals surface area contributed by atoms with Crippen LogP contribution in [0, 0.1) is 13.8 Å². The molecule has 1 aromatic rings. The molecule has 0 fully saturated rings. The monoisotopic (exact) mass is 194 g/mol. The predicted octanol–water partition coefficient (Wildman–Crippen LogP) is 2.37. The fourth-order valence-electron chi connectivity index (χ4n) is 1.45. The summed E-state index contributed by atoms with van der Waals surface area (Å²) in [4.78, 5) is 0. The molecule has 1 rings (SSSR count). The van der Waals surface area contributed by atoms with Crippen LogP contribution in [-0.2, 0) is 4.74 Å². The van der Waals surface area contributed by atoms with Crippen LogP contribution in [0.5, 0.6) is 0 Å². The summed E-state index contributed by atoms with van der Waals surface area (Å²) >= 11 is 0. The molecular formula is C12H18O2. The van der Waals surface area contributed by atoms with Crippen molar-refractivity contribution in [1.29, 1.82) is 0 Å². The first kappa shape index (κ1) is 11.2. The van der Waals surface area contributed by atoms with Crippen LogP contribution in [0.15, 0.2) is 18.2 Å². The molecule has 0 heterocycles. The summed E-state index contributed by atoms with van der Waals surface area (Å²) in [5, 5.41) is 9.83. The van der Waals surface area contributed by atoms with E-state index in [2.05, 4.69) is 0 Å². The highest BCUT2D eigenvalue weighted by molar-refractivity contribution is 5.34. The maximum atomic E-state index is 9.83. The van der Waals surface area contributed by atoms with Crippen molar-refractivity contribution < 1.29 is 9.84 Å². The van der Waals surface area contributed by atoms with E-state index in [1.54, 1.807) is 0 Å². The van der Waals surface area contributed by atoms with Gasteiger partial charge in [-0.15, -0.1) is 0 Å². The van der Waals surface area contributed by atoms with E-state index >= 15 is 0 Å². The lowest BCUT2D eigenvalue weighted by Gasteiger charge is -2.14. The van der Waals surface area contributed by atoms with E-state index in [-0.39, 0.29) is 0 Å². The summed E-state index contributed by atoms with van der Waals surface area (Å²) in [5.41, 5.74) is 3.33. The van der Waals surface area contributed by atoms with Gasteiger partial charge >= 0.3 is 0 Å². The summed E-state index contributed by atoms with van der Waals surface area (Å²) in [6.45, 7) is 7.02. The van der Waals surface area contributed by atoms with Gasteiger partial charge in [-0.3, -0.25) is 0 Å². The third kappa shape index (κ3) is 2.56. The molecule has 0 aliphatic carbocycles. The van der Waals surface area contributed by atoms with Gasteiger partial charge in [-0.2, -0.15) is 0 Å². The molecule has 78 valence electrons. The number of aliphatic hydroxyl groups excluding tert-OH is 1. The van der Waals surface area contributed by atoms with Crippen molar-refractivity contribution in [3.8, 4) is 0 Å². The normalized spacial score (nSPS) is 12.9. The Morgan fingerprint density at radius 3 is 2.71 bits per heavy atom. The van der Waals surface area contributed by atoms with Gasteiger partial charge in [0.05, 0.1) is 6.61 Å². The van der Waals surface area contributed by atoms with Crippen molar-refractivity contribution in [3.63, 3.8) is 0 Å². The maximum absolute atomic E-state index is 9.83. The Kier molecular flexibility index (Phi) is 4.11. The summed E-state index contributed by atoms with van der Waals surface area (Å²) < 4.78 is 5.19. The molecule has 1 N–H and O–H groups in total. The molecule has 0 spiro atoms. The standard InChI is InChI=1S/C12H18O2/c1-4-14-8-12(13)11-7-5-6-9(2)10(11)3/h5-7,12-13H,4,8H2,1-3H3. The first-order valence-corrected chi connectivity index (χ1v) is 4.98. The van der Waals surface area contributed by atoms with Gasteiger partial charge in [-0.1, -0.05) is 18.2 Å². The highest BCUT2D eigenvalue weighted by Gasteiger charge is 2.10. The van der Waals surface area contributed by atoms with Crippen LogP contribution in [0.2, 0.25) is 0 Å². The average molecular weight is 194 g/mol. The Labute approximate surface area is 85.5 Å². The minimum Gasteiger partial charge on any atom is -0.386 e. The molecule has 0 aromatic heterocycles. The Morgan fingerprint density at radius 2 is 2.07 bits per heavy atom. The molecule has 0 bridgehead atoms. The summed E-state index contributed by atoms with van der Waals surface area (Å²) in [6.07, 6.45) is -0.505. The first-order valence-electron chi connectivity index (χ1n) is 4.98. The zero-order valence-corrected chi connectivity index (χ0v) is 9.08. The molecule has 14 heavy (non-hydrogen) atoms. The highest BCUT2D eigenvalue weighted by Crippen LogP contribution is 2.20. The minimum absolute atomic E-state index is 0.376. The highest BCUT2D eigenvalue weighted by atomic mass is 16.5. The second-order valence-electron chi connectivity index (χ2n) is 3.46. The molecule has 1 unspecified atom stereocenters. The molecule has 2 heteroatoms. The second-order valence-corrected chi connectivity index (χ2v) is 3.46. The van der Waals surface area contributed by atoms with E-state index in [0.29, 0.717) is 13.2 Å². The van der Waals surface area contributed by atoms with Crippen LogP contribution in [0.4, 0.5) is 0 Å². The lowest BCUT2D eigenvalue weighted by molar-refractivity contribution is 0.0417. The number of hydrogen-bond donors (Lipinski definition) is 1. The topological polar surface area (TPSA) is 29.5 Å². The van der Waals surface area contributed by atoms with E-state index in [4.69, 9.17) is 4.74 Å². The van der Waals surface area contributed by atoms with E-state index in [1.807, 2.05) is 39.0 Å². The van der Waals surface area contributed by atoms with Gasteiger partial charge in [-0.25, -0.2) is 0 Å². The lowest BCUT2D eigenvalue weighted by Crippen LogP contribution is -2.09. The van der Waals surface area contributed by atoms with E-state index < -0.39 is 6.10 Å². The van der Waals surface area contributed by atoms with Gasteiger partial charge < -0.3 is 9.84 Å². The Morgan fingerprint density at radius 1 is 1.36 bits per heavy atom. The fourth-order valence-corrected chi connectivity index (χ4v) is 1.45. The van der Waals surface area contributed by atoms with Gasteiger partial charge in [0, 0.05) is 6.61 Å². The van der Waals surface area contributed by atoms with Gasteiger partial charge in [0.2, 0.25) is 0 Å². The van der Waals surface area contributed by atoms with Crippen LogP contribution in [0.25, 0.3) is 0 Å². The zero-order chi connectivity index (χ0) is 10.6. The molecule has 0 saturated heterocycles. The fraction of sp³-hybridized carbons (Fsp3) is 0.500. The van der Waals surface area contributed by atoms with E-state index in [1.165, 1.54) is 5.56 Å². The van der Waals surface area contributed by atoms with Crippen molar-refractivity contribution in [2.45, 2.75) is 26.9 Å². The van der Waals surface area contributed by atoms with Crippen LogP contribution in [-0.4, -0.2) is 18.3 Å². The van der Waals surface area contributed by atoms with Gasteiger partial charge in [0.25, 0.3) is 0 Å². The third-order valence-electron chi connectivity index (χ3n) is 2.49. The molecule has 1 aromatic carbocycles. The van der Waals surface area contributed by atoms with Crippen molar-refractivity contribution in [2.75, 3.05) is 13.2 Å². The largest absolute Gasteiger partial charge is 0.386 e. The smallest absolute Gasteiger partial charge is 0.103 e. The predicted molar refractivity (Wildman–Crippen MR) is 57.4 cm³/mol. The van der Waals surface area contributed by atoms with Crippen LogP contribution < -0.4 is 0 Å². The van der Waals surface area contributed by atoms with Crippen LogP contribution in [0.3, 0.4) is 0 Å². The van der Waals surface area contributed by atoms with E-state index in [9.17, 15) is 5.11 Å². The van der Waals surface area contributed by atoms with Gasteiger partial charge in [0.15, 0.2) is 0 Å². The van der Waals surface area contributed by atoms with Crippen LogP contribution >= 0.6 is 0 Å². The third-order valence-corrected chi connectivity index (χ3v) is 2.49. The Balaban J connectivity index is 2.79. The first-order chi connectivity index (χ1) is 6.66. The summed E-state index contributed by atoms with van der Waals surface area (Å²) in [5.74, 6) is 0. The molecule has 0 radical (unpaired) electrons. The Bertz CT molecular complexity index is 294. The van der Waals surface area contributed by atoms with E-state index in [0.717, 1.165) is 11.1 Å². The number of benzene rings is 1. The summed E-state index contributed by atoms with van der Waals surface area (Å²) in [7, 11) is 0. The number of hydrogen-bond acceptors (Lipinski definition) is 2. The van der Waals surface area contributed by atoms with Gasteiger partial charge in [-0.05, 0) is 37.5 Å². The molecule has 0 aliphatic heterocycles. The summed E-state index contributed by atoms with van der Waals surface area (Å²) in [6, 6.07) is 5.96. The molecule has 2 nitrogen and oxygen atoms in total. The molecule has 0 saturated carbocycles. The SMILES string of the molecule is CCOCC(O)c1cccc(C)c1C. The number of ether oxygens (including phenoxy) is 1. The average Bonchev–Trinajstić information content (AvgIpc) is 2.18. The van der Waals surface area contributed by atoms with Gasteiger partial charge in [0.1, 0.15) is 6.10 Å². The van der Waals surface area contributed by atoms with Crippen molar-refractivity contribution >= 4 is 0 Å². The van der Waals surface area contributed by atoms with Crippen LogP contribution in [0.1, 0.15) is 29.7 Å². The van der Waals surface area contributed by atoms with Crippen molar-refractivity contribution in [3.05, 3.63) is 34.9 Å². The zero-order valence-electron chi connectivity index (χ0n) is 9.08. The Hall–Kier alpha value is -0.860. The minimum atomic E-state index is -0.505. The quantitative estimate of drug-likeness (QED) is 0.797. The van der Waals surface area contributed by atoms with Crippen molar-refractivity contribution in [1.82, 2.24) is 0 Å². The van der Waals surface area contributed by atoms with Crippen molar-refractivity contribution in [2.24, 2.45) is 0 Å². The molecule has 1 atom stereocenters. The molecule has 0 aliphatic rings. The second kappa shape index (κ2) is 5.13. The lowest BCUT2D eigenvalue weighted by atomic mass is 10.00. The maximum Gasteiger partial charge on any atom is 0.103 e. The number of aliphatic hydroxyl groups is 1.